The van der Waals surface area contributed by atoms with E-state index >= 15 is 0 Å². The first-order valence-electron chi connectivity index (χ1n) is 10.2. The van der Waals surface area contributed by atoms with Crippen LogP contribution in [0.1, 0.15) is 45.6 Å². The molecule has 154 valence electrons. The summed E-state index contributed by atoms with van der Waals surface area (Å²) in [5.41, 5.74) is 0.745. The fourth-order valence-electron chi connectivity index (χ4n) is 3.82. The van der Waals surface area contributed by atoms with Crippen LogP contribution in [0.4, 0.5) is 4.79 Å². The number of benzene rings is 1. The van der Waals surface area contributed by atoms with Crippen molar-refractivity contribution in [1.82, 2.24) is 9.80 Å². The first kappa shape index (κ1) is 20.6. The van der Waals surface area contributed by atoms with E-state index in [2.05, 4.69) is 12.1 Å². The van der Waals surface area contributed by atoms with Gasteiger partial charge in [-0.05, 0) is 51.5 Å². The van der Waals surface area contributed by atoms with Crippen LogP contribution in [0.15, 0.2) is 30.3 Å². The van der Waals surface area contributed by atoms with Gasteiger partial charge in [0.2, 0.25) is 5.91 Å². The Bertz CT molecular complexity index is 663. The second-order valence-electron chi connectivity index (χ2n) is 8.82. The highest BCUT2D eigenvalue weighted by atomic mass is 16.6. The number of piperidine rings is 1. The molecule has 2 heterocycles. The summed E-state index contributed by atoms with van der Waals surface area (Å²) in [5, 5.41) is 0. The van der Waals surface area contributed by atoms with E-state index in [1.807, 2.05) is 43.9 Å². The zero-order chi connectivity index (χ0) is 20.1. The summed E-state index contributed by atoms with van der Waals surface area (Å²) in [6, 6.07) is 10.3. The molecule has 2 aliphatic heterocycles. The molecule has 0 aliphatic carbocycles. The third-order valence-electron chi connectivity index (χ3n) is 5.35. The molecule has 0 N–H and O–H groups in total. The molecule has 0 saturated carbocycles. The summed E-state index contributed by atoms with van der Waals surface area (Å²) in [5.74, 6) is 0.471. The Hall–Kier alpha value is -2.08. The predicted molar refractivity (Wildman–Crippen MR) is 107 cm³/mol. The molecule has 28 heavy (non-hydrogen) atoms. The van der Waals surface area contributed by atoms with Gasteiger partial charge in [0, 0.05) is 19.5 Å². The van der Waals surface area contributed by atoms with Gasteiger partial charge >= 0.3 is 6.09 Å². The van der Waals surface area contributed by atoms with Crippen molar-refractivity contribution in [2.24, 2.45) is 5.92 Å². The summed E-state index contributed by atoms with van der Waals surface area (Å²) in [6.45, 7) is 7.90. The molecule has 2 fully saturated rings. The molecule has 0 unspecified atom stereocenters. The molecule has 3 rings (SSSR count). The minimum Gasteiger partial charge on any atom is -0.444 e. The maximum Gasteiger partial charge on any atom is 0.410 e. The van der Waals surface area contributed by atoms with E-state index in [0.29, 0.717) is 38.8 Å². The van der Waals surface area contributed by atoms with Gasteiger partial charge < -0.3 is 19.3 Å². The topological polar surface area (TPSA) is 59.1 Å². The Morgan fingerprint density at radius 1 is 1.14 bits per heavy atom. The average Bonchev–Trinajstić information content (AvgIpc) is 3.10. The highest BCUT2D eigenvalue weighted by molar-refractivity contribution is 5.77. The van der Waals surface area contributed by atoms with Crippen molar-refractivity contribution < 1.29 is 19.1 Å². The molecular formula is C22H32N2O4. The lowest BCUT2D eigenvalue weighted by Gasteiger charge is -2.34. The van der Waals surface area contributed by atoms with Crippen molar-refractivity contribution in [3.63, 3.8) is 0 Å². The van der Waals surface area contributed by atoms with Gasteiger partial charge in [0.15, 0.2) is 0 Å². The molecule has 2 saturated heterocycles. The molecule has 0 radical (unpaired) electrons. The highest BCUT2D eigenvalue weighted by Gasteiger charge is 2.33. The highest BCUT2D eigenvalue weighted by Crippen LogP contribution is 2.25. The van der Waals surface area contributed by atoms with Crippen LogP contribution in [-0.2, 0) is 20.7 Å². The number of ether oxygens (including phenoxy) is 2. The van der Waals surface area contributed by atoms with E-state index in [1.165, 1.54) is 5.56 Å². The molecular weight excluding hydrogens is 356 g/mol. The van der Waals surface area contributed by atoms with Crippen LogP contribution in [0.5, 0.6) is 0 Å². The van der Waals surface area contributed by atoms with E-state index in [4.69, 9.17) is 9.47 Å². The van der Waals surface area contributed by atoms with E-state index in [-0.39, 0.29) is 18.0 Å². The summed E-state index contributed by atoms with van der Waals surface area (Å²) in [7, 11) is 0. The van der Waals surface area contributed by atoms with Gasteiger partial charge in [0.25, 0.3) is 0 Å². The number of amides is 2. The van der Waals surface area contributed by atoms with Crippen molar-refractivity contribution in [3.8, 4) is 0 Å². The van der Waals surface area contributed by atoms with Crippen molar-refractivity contribution >= 4 is 12.0 Å². The predicted octanol–water partition coefficient (Wildman–Crippen LogP) is 3.45. The van der Waals surface area contributed by atoms with E-state index in [9.17, 15) is 9.59 Å². The largest absolute Gasteiger partial charge is 0.444 e. The van der Waals surface area contributed by atoms with Crippen molar-refractivity contribution in [2.75, 3.05) is 26.4 Å². The number of nitrogens with zero attached hydrogens (tertiary/aromatic N) is 2. The first-order valence-corrected chi connectivity index (χ1v) is 10.2. The van der Waals surface area contributed by atoms with Gasteiger partial charge in [-0.25, -0.2) is 4.79 Å². The maximum absolute atomic E-state index is 12.9. The number of carbonyl (C=O) groups is 2. The number of hydrogen-bond donors (Lipinski definition) is 0. The number of carbonyl (C=O) groups excluding carboxylic acids is 2. The standard InChI is InChI=1S/C22H32N2O4/c1-22(2,3)28-21(26)23-11-9-18(10-12-23)14-20(25)24-16-27-15-19(24)13-17-7-5-4-6-8-17/h4-8,18-19H,9-16H2,1-3H3/t19-/m0/s1. The van der Waals surface area contributed by atoms with Crippen molar-refractivity contribution in [2.45, 2.75) is 58.1 Å². The molecule has 6 nitrogen and oxygen atoms in total. The third kappa shape index (κ3) is 5.71. The third-order valence-corrected chi connectivity index (χ3v) is 5.35. The molecule has 2 aliphatic rings. The first-order chi connectivity index (χ1) is 13.3. The summed E-state index contributed by atoms with van der Waals surface area (Å²) >= 11 is 0. The normalized spacial score (nSPS) is 21.0. The molecule has 1 aromatic rings. The lowest BCUT2D eigenvalue weighted by atomic mass is 9.93. The number of likely N-dealkylation sites (tertiary alicyclic amines) is 1. The Morgan fingerprint density at radius 3 is 2.46 bits per heavy atom. The lowest BCUT2D eigenvalue weighted by Crippen LogP contribution is -2.43. The van der Waals surface area contributed by atoms with Crippen LogP contribution in [0.25, 0.3) is 0 Å². The lowest BCUT2D eigenvalue weighted by molar-refractivity contribution is -0.134. The van der Waals surface area contributed by atoms with Gasteiger partial charge in [0.1, 0.15) is 12.3 Å². The van der Waals surface area contributed by atoms with Gasteiger partial charge in [-0.2, -0.15) is 0 Å². The van der Waals surface area contributed by atoms with Crippen LogP contribution in [-0.4, -0.2) is 59.9 Å². The minimum absolute atomic E-state index is 0.108. The Labute approximate surface area is 167 Å². The number of hydrogen-bond acceptors (Lipinski definition) is 4. The van der Waals surface area contributed by atoms with Crippen LogP contribution < -0.4 is 0 Å². The fourth-order valence-corrected chi connectivity index (χ4v) is 3.82. The van der Waals surface area contributed by atoms with Gasteiger partial charge in [-0.3, -0.25) is 4.79 Å². The second-order valence-corrected chi connectivity index (χ2v) is 8.82. The van der Waals surface area contributed by atoms with Crippen molar-refractivity contribution in [1.29, 1.82) is 0 Å². The van der Waals surface area contributed by atoms with Gasteiger partial charge in [-0.1, -0.05) is 30.3 Å². The number of rotatable bonds is 4. The monoisotopic (exact) mass is 388 g/mol. The van der Waals surface area contributed by atoms with Crippen LogP contribution in [0, 0.1) is 5.92 Å². The molecule has 1 atom stereocenters. The SMILES string of the molecule is CC(C)(C)OC(=O)N1CCC(CC(=O)N2COC[C@@H]2Cc2ccccc2)CC1. The average molecular weight is 389 g/mol. The summed E-state index contributed by atoms with van der Waals surface area (Å²) in [6.07, 6.45) is 2.76. The van der Waals surface area contributed by atoms with E-state index < -0.39 is 5.60 Å². The Kier molecular flexibility index (Phi) is 6.60. The minimum atomic E-state index is -0.479. The molecule has 2 amide bonds. The Balaban J connectivity index is 1.47. The molecule has 1 aromatic carbocycles. The second kappa shape index (κ2) is 8.95. The fraction of sp³-hybridized carbons (Fsp3) is 0.636. The molecule has 6 heteroatoms. The van der Waals surface area contributed by atoms with Crippen LogP contribution in [0.2, 0.25) is 0 Å². The maximum atomic E-state index is 12.9. The zero-order valence-corrected chi connectivity index (χ0v) is 17.2. The van der Waals surface area contributed by atoms with E-state index in [1.54, 1.807) is 4.90 Å². The molecule has 0 bridgehead atoms. The van der Waals surface area contributed by atoms with E-state index in [0.717, 1.165) is 19.3 Å². The molecule has 0 spiro atoms. The van der Waals surface area contributed by atoms with Crippen molar-refractivity contribution in [3.05, 3.63) is 35.9 Å². The Morgan fingerprint density at radius 2 is 1.82 bits per heavy atom. The van der Waals surface area contributed by atoms with Gasteiger partial charge in [-0.15, -0.1) is 0 Å². The smallest absolute Gasteiger partial charge is 0.410 e. The van der Waals surface area contributed by atoms with Gasteiger partial charge in [0.05, 0.1) is 12.6 Å². The summed E-state index contributed by atoms with van der Waals surface area (Å²) < 4.78 is 11.0. The quantitative estimate of drug-likeness (QED) is 0.793. The van der Waals surface area contributed by atoms with Crippen LogP contribution in [0.3, 0.4) is 0 Å². The zero-order valence-electron chi connectivity index (χ0n) is 17.2. The van der Waals surface area contributed by atoms with Crippen LogP contribution >= 0.6 is 0 Å². The molecule has 0 aromatic heterocycles. The summed E-state index contributed by atoms with van der Waals surface area (Å²) in [4.78, 5) is 28.7.